The van der Waals surface area contributed by atoms with Gasteiger partial charge in [0.15, 0.2) is 0 Å². The van der Waals surface area contributed by atoms with Crippen LogP contribution in [0.4, 0.5) is 0 Å². The van der Waals surface area contributed by atoms with Gasteiger partial charge in [-0.25, -0.2) is 0 Å². The van der Waals surface area contributed by atoms with E-state index in [9.17, 15) is 9.59 Å². The number of carbonyl (C=O) groups excluding carboxylic acids is 1. The molecule has 0 aliphatic heterocycles. The SMILES string of the molecule is CN(Cc1ccccc1)C(=O)c1cc2c(=O)n(C)c3ccccc3c2n1C. The number of hydrogen-bond acceptors (Lipinski definition) is 2. The number of aromatic nitrogens is 2. The predicted octanol–water partition coefficient (Wildman–Crippen LogP) is 3.30. The van der Waals surface area contributed by atoms with Gasteiger partial charge in [0, 0.05) is 33.1 Å². The van der Waals surface area contributed by atoms with Crippen LogP contribution in [0.5, 0.6) is 0 Å². The molecule has 1 amide bonds. The second-order valence-corrected chi connectivity index (χ2v) is 6.88. The summed E-state index contributed by atoms with van der Waals surface area (Å²) in [5.74, 6) is -0.108. The van der Waals surface area contributed by atoms with E-state index in [0.717, 1.165) is 22.0 Å². The molecule has 0 fully saturated rings. The number of amides is 1. The van der Waals surface area contributed by atoms with Crippen molar-refractivity contribution >= 4 is 27.7 Å². The molecule has 2 aromatic heterocycles. The van der Waals surface area contributed by atoms with E-state index in [1.165, 1.54) is 0 Å². The van der Waals surface area contributed by atoms with Crippen LogP contribution in [0.1, 0.15) is 16.1 Å². The number of hydrogen-bond donors (Lipinski definition) is 0. The molecular weight excluding hydrogens is 338 g/mol. The zero-order valence-electron chi connectivity index (χ0n) is 15.6. The number of para-hydroxylation sites is 1. The molecule has 2 aromatic carbocycles. The summed E-state index contributed by atoms with van der Waals surface area (Å²) in [6.07, 6.45) is 0. The van der Waals surface area contributed by atoms with Gasteiger partial charge in [-0.05, 0) is 17.7 Å². The van der Waals surface area contributed by atoms with E-state index in [-0.39, 0.29) is 11.5 Å². The van der Waals surface area contributed by atoms with Crippen molar-refractivity contribution in [3.05, 3.63) is 82.3 Å². The highest BCUT2D eigenvalue weighted by atomic mass is 16.2. The highest BCUT2D eigenvalue weighted by molar-refractivity contribution is 6.08. The van der Waals surface area contributed by atoms with Crippen LogP contribution in [0.15, 0.2) is 65.5 Å². The van der Waals surface area contributed by atoms with E-state index in [4.69, 9.17) is 0 Å². The molecule has 0 aliphatic rings. The number of carbonyl (C=O) groups is 1. The second-order valence-electron chi connectivity index (χ2n) is 6.88. The molecule has 0 N–H and O–H groups in total. The molecule has 0 spiro atoms. The van der Waals surface area contributed by atoms with Crippen LogP contribution in [0.3, 0.4) is 0 Å². The number of aryl methyl sites for hydroxylation is 2. The lowest BCUT2D eigenvalue weighted by Crippen LogP contribution is -2.27. The molecule has 0 saturated carbocycles. The molecule has 0 unspecified atom stereocenters. The summed E-state index contributed by atoms with van der Waals surface area (Å²) in [5, 5.41) is 1.53. The number of fused-ring (bicyclic) bond motifs is 3. The lowest BCUT2D eigenvalue weighted by atomic mass is 10.1. The van der Waals surface area contributed by atoms with Crippen molar-refractivity contribution in [1.82, 2.24) is 14.0 Å². The Kier molecular flexibility index (Phi) is 4.07. The first-order valence-corrected chi connectivity index (χ1v) is 8.85. The van der Waals surface area contributed by atoms with E-state index < -0.39 is 0 Å². The summed E-state index contributed by atoms with van der Waals surface area (Å²) < 4.78 is 3.47. The maximum absolute atomic E-state index is 13.1. The van der Waals surface area contributed by atoms with Gasteiger partial charge in [0.05, 0.1) is 16.4 Å². The zero-order chi connectivity index (χ0) is 19.1. The fraction of sp³-hybridized carbons (Fsp3) is 0.182. The fourth-order valence-electron chi connectivity index (χ4n) is 3.68. The van der Waals surface area contributed by atoms with Crippen molar-refractivity contribution in [2.45, 2.75) is 6.54 Å². The second kappa shape index (κ2) is 6.43. The standard InChI is InChI=1S/C22H21N3O2/c1-23(14-15-9-5-4-6-10-15)22(27)19-13-17-20(24(19)2)16-11-7-8-12-18(16)25(3)21(17)26/h4-13H,14H2,1-3H3. The lowest BCUT2D eigenvalue weighted by Gasteiger charge is -2.18. The first-order valence-electron chi connectivity index (χ1n) is 8.85. The molecule has 4 aromatic rings. The molecule has 4 rings (SSSR count). The van der Waals surface area contributed by atoms with Crippen LogP contribution < -0.4 is 5.56 Å². The Morgan fingerprint density at radius 3 is 2.33 bits per heavy atom. The first kappa shape index (κ1) is 17.1. The van der Waals surface area contributed by atoms with E-state index in [2.05, 4.69) is 0 Å². The van der Waals surface area contributed by atoms with E-state index in [1.54, 1.807) is 29.6 Å². The van der Waals surface area contributed by atoms with Crippen LogP contribution in [-0.2, 0) is 20.6 Å². The van der Waals surface area contributed by atoms with Gasteiger partial charge in [-0.15, -0.1) is 0 Å². The van der Waals surface area contributed by atoms with Crippen LogP contribution in [0, 0.1) is 0 Å². The fourth-order valence-corrected chi connectivity index (χ4v) is 3.68. The van der Waals surface area contributed by atoms with Crippen molar-refractivity contribution in [1.29, 1.82) is 0 Å². The first-order chi connectivity index (χ1) is 13.0. The Morgan fingerprint density at radius 2 is 1.59 bits per heavy atom. The van der Waals surface area contributed by atoms with E-state index >= 15 is 0 Å². The third-order valence-electron chi connectivity index (χ3n) is 5.12. The van der Waals surface area contributed by atoms with Crippen LogP contribution in [-0.4, -0.2) is 27.0 Å². The molecular formula is C22H21N3O2. The van der Waals surface area contributed by atoms with Crippen molar-refractivity contribution in [2.24, 2.45) is 14.1 Å². The Hall–Kier alpha value is -3.34. The van der Waals surface area contributed by atoms with Gasteiger partial charge < -0.3 is 14.0 Å². The number of rotatable bonds is 3. The summed E-state index contributed by atoms with van der Waals surface area (Å²) in [5.41, 5.74) is 3.13. The topological polar surface area (TPSA) is 47.2 Å². The average molecular weight is 359 g/mol. The van der Waals surface area contributed by atoms with Gasteiger partial charge >= 0.3 is 0 Å². The maximum Gasteiger partial charge on any atom is 0.270 e. The van der Waals surface area contributed by atoms with Gasteiger partial charge in [0.1, 0.15) is 5.69 Å². The van der Waals surface area contributed by atoms with E-state index in [0.29, 0.717) is 17.6 Å². The minimum Gasteiger partial charge on any atom is -0.339 e. The van der Waals surface area contributed by atoms with E-state index in [1.807, 2.05) is 66.2 Å². The third kappa shape index (κ3) is 2.72. The Bertz CT molecular complexity index is 1220. The summed E-state index contributed by atoms with van der Waals surface area (Å²) in [4.78, 5) is 27.6. The van der Waals surface area contributed by atoms with Crippen molar-refractivity contribution in [2.75, 3.05) is 7.05 Å². The van der Waals surface area contributed by atoms with Gasteiger partial charge in [0.2, 0.25) is 0 Å². The Balaban J connectivity index is 1.84. The molecule has 0 saturated heterocycles. The number of nitrogens with zero attached hydrogens (tertiary/aromatic N) is 3. The molecule has 0 aliphatic carbocycles. The minimum atomic E-state index is -0.108. The molecule has 27 heavy (non-hydrogen) atoms. The van der Waals surface area contributed by atoms with Crippen LogP contribution >= 0.6 is 0 Å². The highest BCUT2D eigenvalue weighted by Crippen LogP contribution is 2.25. The largest absolute Gasteiger partial charge is 0.339 e. The lowest BCUT2D eigenvalue weighted by molar-refractivity contribution is 0.0776. The van der Waals surface area contributed by atoms with Gasteiger partial charge in [-0.1, -0.05) is 48.5 Å². The molecule has 5 heteroatoms. The predicted molar refractivity (Wildman–Crippen MR) is 108 cm³/mol. The molecule has 0 atom stereocenters. The van der Waals surface area contributed by atoms with Crippen molar-refractivity contribution in [3.63, 3.8) is 0 Å². The highest BCUT2D eigenvalue weighted by Gasteiger charge is 2.21. The van der Waals surface area contributed by atoms with Crippen molar-refractivity contribution < 1.29 is 4.79 Å². The summed E-state index contributed by atoms with van der Waals surface area (Å²) in [6, 6.07) is 19.3. The Labute approximate surface area is 157 Å². The summed E-state index contributed by atoms with van der Waals surface area (Å²) in [7, 11) is 5.39. The maximum atomic E-state index is 13.1. The number of benzene rings is 2. The van der Waals surface area contributed by atoms with Gasteiger partial charge in [-0.2, -0.15) is 0 Å². The summed E-state index contributed by atoms with van der Waals surface area (Å²) in [6.45, 7) is 0.514. The Morgan fingerprint density at radius 1 is 0.926 bits per heavy atom. The van der Waals surface area contributed by atoms with Gasteiger partial charge in [0.25, 0.3) is 11.5 Å². The average Bonchev–Trinajstić information content (AvgIpc) is 3.04. The molecule has 136 valence electrons. The summed E-state index contributed by atoms with van der Waals surface area (Å²) >= 11 is 0. The molecule has 5 nitrogen and oxygen atoms in total. The van der Waals surface area contributed by atoms with Crippen LogP contribution in [0.25, 0.3) is 21.8 Å². The zero-order valence-corrected chi connectivity index (χ0v) is 15.6. The van der Waals surface area contributed by atoms with Crippen molar-refractivity contribution in [3.8, 4) is 0 Å². The van der Waals surface area contributed by atoms with Crippen LogP contribution in [0.2, 0.25) is 0 Å². The third-order valence-corrected chi connectivity index (χ3v) is 5.12. The van der Waals surface area contributed by atoms with Gasteiger partial charge in [-0.3, -0.25) is 9.59 Å². The molecule has 0 radical (unpaired) electrons. The monoisotopic (exact) mass is 359 g/mol. The minimum absolute atomic E-state index is 0.0935. The number of pyridine rings is 1. The smallest absolute Gasteiger partial charge is 0.270 e. The molecule has 2 heterocycles. The quantitative estimate of drug-likeness (QED) is 0.563. The molecule has 0 bridgehead atoms. The normalized spacial score (nSPS) is 11.2.